The number of nitrogens with zero attached hydrogens (tertiary/aromatic N) is 1. The summed E-state index contributed by atoms with van der Waals surface area (Å²) in [5, 5.41) is 0.995. The molecule has 4 nitrogen and oxygen atoms in total. The van der Waals surface area contributed by atoms with Crippen LogP contribution in [0.25, 0.3) is 11.0 Å². The van der Waals surface area contributed by atoms with E-state index in [9.17, 15) is 4.79 Å². The fourth-order valence-electron chi connectivity index (χ4n) is 4.72. The van der Waals surface area contributed by atoms with Gasteiger partial charge in [0.25, 0.3) is 0 Å². The van der Waals surface area contributed by atoms with E-state index in [4.69, 9.17) is 9.15 Å². The molecule has 1 aliphatic carbocycles. The molecule has 146 valence electrons. The van der Waals surface area contributed by atoms with E-state index in [1.807, 2.05) is 24.3 Å². The van der Waals surface area contributed by atoms with Gasteiger partial charge in [-0.25, -0.2) is 4.79 Å². The Bertz CT molecular complexity index is 822. The first-order valence-electron chi connectivity index (χ1n) is 10.6. The molecule has 1 aromatic heterocycles. The van der Waals surface area contributed by atoms with E-state index in [1.165, 1.54) is 45.1 Å². The molecule has 0 bridgehead atoms. The van der Waals surface area contributed by atoms with E-state index >= 15 is 0 Å². The highest BCUT2D eigenvalue weighted by atomic mass is 16.5. The second-order valence-electron chi connectivity index (χ2n) is 8.29. The van der Waals surface area contributed by atoms with Crippen LogP contribution in [-0.4, -0.2) is 31.1 Å². The van der Waals surface area contributed by atoms with Gasteiger partial charge in [-0.05, 0) is 69.8 Å². The number of rotatable bonds is 5. The van der Waals surface area contributed by atoms with Crippen molar-refractivity contribution >= 4 is 11.0 Å². The maximum atomic E-state index is 12.5. The van der Waals surface area contributed by atoms with Gasteiger partial charge in [0.2, 0.25) is 0 Å². The first-order valence-corrected chi connectivity index (χ1v) is 10.6. The Morgan fingerprint density at radius 1 is 1.07 bits per heavy atom. The Hall–Kier alpha value is -1.81. The van der Waals surface area contributed by atoms with Crippen molar-refractivity contribution < 1.29 is 9.15 Å². The smallest absolute Gasteiger partial charge is 0.339 e. The van der Waals surface area contributed by atoms with Crippen molar-refractivity contribution in [3.05, 3.63) is 40.2 Å². The number of fused-ring (bicyclic) bond motifs is 1. The highest BCUT2D eigenvalue weighted by molar-refractivity contribution is 5.78. The van der Waals surface area contributed by atoms with Gasteiger partial charge in [-0.3, -0.25) is 0 Å². The molecule has 27 heavy (non-hydrogen) atoms. The van der Waals surface area contributed by atoms with Crippen LogP contribution in [0.3, 0.4) is 0 Å². The van der Waals surface area contributed by atoms with Gasteiger partial charge in [0.1, 0.15) is 11.3 Å². The number of benzene rings is 1. The molecule has 1 saturated carbocycles. The van der Waals surface area contributed by atoms with Gasteiger partial charge < -0.3 is 14.1 Å². The summed E-state index contributed by atoms with van der Waals surface area (Å²) in [6.07, 6.45) is 10.8. The molecule has 1 atom stereocenters. The Labute approximate surface area is 161 Å². The fraction of sp³-hybridized carbons (Fsp3) is 0.609. The zero-order valence-electron chi connectivity index (χ0n) is 16.4. The van der Waals surface area contributed by atoms with E-state index in [2.05, 4.69) is 11.9 Å². The van der Waals surface area contributed by atoms with Crippen LogP contribution in [0.2, 0.25) is 0 Å². The molecule has 2 aromatic rings. The summed E-state index contributed by atoms with van der Waals surface area (Å²) < 4.78 is 11.6. The molecule has 2 fully saturated rings. The predicted molar refractivity (Wildman–Crippen MR) is 109 cm³/mol. The lowest BCUT2D eigenvalue weighted by Crippen LogP contribution is -2.37. The average molecular weight is 370 g/mol. The minimum absolute atomic E-state index is 0.171. The van der Waals surface area contributed by atoms with Gasteiger partial charge in [-0.15, -0.1) is 0 Å². The van der Waals surface area contributed by atoms with Gasteiger partial charge in [0, 0.05) is 23.1 Å². The van der Waals surface area contributed by atoms with Crippen molar-refractivity contribution in [3.63, 3.8) is 0 Å². The number of piperidine rings is 1. The van der Waals surface area contributed by atoms with Gasteiger partial charge in [-0.2, -0.15) is 0 Å². The Morgan fingerprint density at radius 2 is 1.89 bits per heavy atom. The monoisotopic (exact) mass is 369 g/mol. The van der Waals surface area contributed by atoms with Crippen molar-refractivity contribution in [1.82, 2.24) is 4.90 Å². The fourth-order valence-corrected chi connectivity index (χ4v) is 4.72. The summed E-state index contributed by atoms with van der Waals surface area (Å²) in [5.41, 5.74) is 1.32. The lowest BCUT2D eigenvalue weighted by Gasteiger charge is -2.32. The van der Waals surface area contributed by atoms with Crippen molar-refractivity contribution in [2.75, 3.05) is 20.2 Å². The van der Waals surface area contributed by atoms with Crippen LogP contribution in [-0.2, 0) is 0 Å². The maximum absolute atomic E-state index is 12.5. The van der Waals surface area contributed by atoms with Crippen molar-refractivity contribution in [1.29, 1.82) is 0 Å². The van der Waals surface area contributed by atoms with Gasteiger partial charge in [0.05, 0.1) is 6.61 Å². The lowest BCUT2D eigenvalue weighted by atomic mass is 9.84. The molecule has 2 aliphatic rings. The minimum Gasteiger partial charge on any atom is -0.493 e. The molecule has 1 aliphatic heterocycles. The van der Waals surface area contributed by atoms with Gasteiger partial charge in [0.15, 0.2) is 0 Å². The molecule has 0 amide bonds. The quantitative estimate of drug-likeness (QED) is 0.688. The Balaban J connectivity index is 1.43. The number of ether oxygens (including phenoxy) is 1. The maximum Gasteiger partial charge on any atom is 0.339 e. The van der Waals surface area contributed by atoms with Crippen molar-refractivity contribution in [3.8, 4) is 5.75 Å². The van der Waals surface area contributed by atoms with E-state index in [0.717, 1.165) is 36.0 Å². The van der Waals surface area contributed by atoms with Crippen LogP contribution in [0.1, 0.15) is 69.3 Å². The standard InChI is InChI=1S/C23H31NO3/c1-24-13-6-5-9-19(24)12-14-26-20-11-10-18-15-21(17-7-3-2-4-8-17)23(25)27-22(18)16-20/h10-11,15-17,19H,2-9,12-14H2,1H3. The van der Waals surface area contributed by atoms with Crippen LogP contribution in [0.4, 0.5) is 0 Å². The summed E-state index contributed by atoms with van der Waals surface area (Å²) in [6, 6.07) is 8.55. The molecule has 1 saturated heterocycles. The molecule has 1 aromatic carbocycles. The molecule has 4 heteroatoms. The minimum atomic E-state index is -0.171. The zero-order chi connectivity index (χ0) is 18.6. The third-order valence-corrected chi connectivity index (χ3v) is 6.42. The van der Waals surface area contributed by atoms with Crippen LogP contribution in [0.5, 0.6) is 5.75 Å². The summed E-state index contributed by atoms with van der Waals surface area (Å²) in [5.74, 6) is 1.15. The van der Waals surface area contributed by atoms with Crippen LogP contribution in [0.15, 0.2) is 33.5 Å². The van der Waals surface area contributed by atoms with Crippen molar-refractivity contribution in [2.24, 2.45) is 0 Å². The normalized spacial score (nSPS) is 22.2. The molecular weight excluding hydrogens is 338 g/mol. The molecular formula is C23H31NO3. The summed E-state index contributed by atoms with van der Waals surface area (Å²) in [7, 11) is 2.21. The molecule has 0 N–H and O–H groups in total. The Morgan fingerprint density at radius 3 is 2.70 bits per heavy atom. The number of hydrogen-bond acceptors (Lipinski definition) is 4. The summed E-state index contributed by atoms with van der Waals surface area (Å²) in [4.78, 5) is 14.9. The molecule has 2 heterocycles. The van der Waals surface area contributed by atoms with Crippen LogP contribution >= 0.6 is 0 Å². The SMILES string of the molecule is CN1CCCCC1CCOc1ccc2cc(C3CCCCC3)c(=O)oc2c1. The third-order valence-electron chi connectivity index (χ3n) is 6.42. The largest absolute Gasteiger partial charge is 0.493 e. The Kier molecular flexibility index (Phi) is 5.82. The second-order valence-corrected chi connectivity index (χ2v) is 8.29. The predicted octanol–water partition coefficient (Wildman–Crippen LogP) is 5.09. The van der Waals surface area contributed by atoms with Crippen LogP contribution in [0, 0.1) is 0 Å². The van der Waals surface area contributed by atoms with E-state index in [1.54, 1.807) is 0 Å². The zero-order valence-corrected chi connectivity index (χ0v) is 16.4. The molecule has 0 spiro atoms. The first-order chi connectivity index (χ1) is 13.2. The highest BCUT2D eigenvalue weighted by Crippen LogP contribution is 2.32. The van der Waals surface area contributed by atoms with Gasteiger partial charge >= 0.3 is 5.63 Å². The molecule has 4 rings (SSSR count). The lowest BCUT2D eigenvalue weighted by molar-refractivity contribution is 0.153. The summed E-state index contributed by atoms with van der Waals surface area (Å²) >= 11 is 0. The van der Waals surface area contributed by atoms with Crippen LogP contribution < -0.4 is 10.4 Å². The van der Waals surface area contributed by atoms with E-state index < -0.39 is 0 Å². The number of hydrogen-bond donors (Lipinski definition) is 0. The average Bonchev–Trinajstić information content (AvgIpc) is 2.69. The number of likely N-dealkylation sites (tertiary alicyclic amines) is 1. The first kappa shape index (κ1) is 18.5. The summed E-state index contributed by atoms with van der Waals surface area (Å²) in [6.45, 7) is 1.89. The second kappa shape index (κ2) is 8.47. The van der Waals surface area contributed by atoms with E-state index in [-0.39, 0.29) is 5.63 Å². The molecule has 1 unspecified atom stereocenters. The third kappa shape index (κ3) is 4.37. The van der Waals surface area contributed by atoms with Gasteiger partial charge in [-0.1, -0.05) is 25.7 Å². The highest BCUT2D eigenvalue weighted by Gasteiger charge is 2.20. The van der Waals surface area contributed by atoms with Crippen molar-refractivity contribution in [2.45, 2.75) is 69.7 Å². The topological polar surface area (TPSA) is 42.7 Å². The van der Waals surface area contributed by atoms with E-state index in [0.29, 0.717) is 24.1 Å². The molecule has 0 radical (unpaired) electrons.